The molecule has 0 saturated carbocycles. The smallest absolute Gasteiger partial charge is 0.222 e. The molecule has 6 heteroatoms. The maximum absolute atomic E-state index is 14.3. The van der Waals surface area contributed by atoms with Crippen LogP contribution in [0, 0.1) is 12.7 Å². The Bertz CT molecular complexity index is 826. The summed E-state index contributed by atoms with van der Waals surface area (Å²) >= 11 is 5.81. The molecule has 0 fully saturated rings. The molecule has 2 heterocycles. The minimum atomic E-state index is -0.361. The highest BCUT2D eigenvalue weighted by Gasteiger charge is 2.16. The molecule has 0 atom stereocenters. The molecule has 0 aliphatic carbocycles. The van der Waals surface area contributed by atoms with Crippen LogP contribution in [0.3, 0.4) is 0 Å². The number of hydrogen-bond acceptors (Lipinski definition) is 3. The zero-order chi connectivity index (χ0) is 15.1. The van der Waals surface area contributed by atoms with Crippen LogP contribution in [0.1, 0.15) is 25.7 Å². The first-order valence-corrected chi connectivity index (χ1v) is 7.02. The highest BCUT2D eigenvalue weighted by Crippen LogP contribution is 2.28. The normalized spacial score (nSPS) is 11.5. The molecule has 4 nitrogen and oxygen atoms in total. The molecule has 0 radical (unpaired) electrons. The Kier molecular flexibility index (Phi) is 3.37. The average molecular weight is 305 g/mol. The van der Waals surface area contributed by atoms with Crippen molar-refractivity contribution in [3.05, 3.63) is 41.3 Å². The largest absolute Gasteiger partial charge is 0.326 e. The van der Waals surface area contributed by atoms with Gasteiger partial charge in [0.05, 0.1) is 11.2 Å². The summed E-state index contributed by atoms with van der Waals surface area (Å²) in [5.41, 5.74) is 2.38. The van der Waals surface area contributed by atoms with Crippen molar-refractivity contribution in [1.82, 2.24) is 19.5 Å². The number of benzene rings is 1. The van der Waals surface area contributed by atoms with Gasteiger partial charge in [-0.25, -0.2) is 19.3 Å². The molecular formula is C15H14ClFN4. The standard InChI is InChI=1S/C15H14ClFN4/c1-8(2)21-9(3)19-14-11(17)6-10(7-13(14)21)12-4-5-18-15(16)20-12/h4-8H,1-3H3. The van der Waals surface area contributed by atoms with E-state index in [0.29, 0.717) is 16.8 Å². The third kappa shape index (κ3) is 2.38. The quantitative estimate of drug-likeness (QED) is 0.667. The van der Waals surface area contributed by atoms with Gasteiger partial charge in [-0.05, 0) is 50.6 Å². The summed E-state index contributed by atoms with van der Waals surface area (Å²) in [7, 11) is 0. The number of nitrogens with zero attached hydrogens (tertiary/aromatic N) is 4. The second kappa shape index (κ2) is 5.07. The van der Waals surface area contributed by atoms with Crippen LogP contribution in [0.2, 0.25) is 5.28 Å². The highest BCUT2D eigenvalue weighted by molar-refractivity contribution is 6.28. The lowest BCUT2D eigenvalue weighted by Gasteiger charge is -2.11. The number of fused-ring (bicyclic) bond motifs is 1. The number of aromatic nitrogens is 4. The number of rotatable bonds is 2. The predicted molar refractivity (Wildman–Crippen MR) is 80.8 cm³/mol. The summed E-state index contributed by atoms with van der Waals surface area (Å²) in [4.78, 5) is 12.3. The van der Waals surface area contributed by atoms with E-state index in [2.05, 4.69) is 15.0 Å². The van der Waals surface area contributed by atoms with E-state index < -0.39 is 0 Å². The fourth-order valence-corrected chi connectivity index (χ4v) is 2.71. The minimum absolute atomic E-state index is 0.140. The van der Waals surface area contributed by atoms with Gasteiger partial charge in [-0.3, -0.25) is 0 Å². The van der Waals surface area contributed by atoms with Crippen LogP contribution in [0.15, 0.2) is 24.4 Å². The summed E-state index contributed by atoms with van der Waals surface area (Å²) in [6, 6.07) is 5.21. The third-order valence-electron chi connectivity index (χ3n) is 3.36. The van der Waals surface area contributed by atoms with Crippen LogP contribution in [0.5, 0.6) is 0 Å². The van der Waals surface area contributed by atoms with Gasteiger partial charge in [0.25, 0.3) is 0 Å². The van der Waals surface area contributed by atoms with E-state index in [1.807, 2.05) is 31.4 Å². The summed E-state index contributed by atoms with van der Waals surface area (Å²) < 4.78 is 16.3. The van der Waals surface area contributed by atoms with E-state index in [4.69, 9.17) is 11.6 Å². The van der Waals surface area contributed by atoms with E-state index in [-0.39, 0.29) is 17.1 Å². The zero-order valence-corrected chi connectivity index (χ0v) is 12.7. The van der Waals surface area contributed by atoms with E-state index in [0.717, 1.165) is 11.3 Å². The molecular weight excluding hydrogens is 291 g/mol. The van der Waals surface area contributed by atoms with E-state index >= 15 is 0 Å². The Hall–Kier alpha value is -2.01. The molecule has 0 aliphatic heterocycles. The Morgan fingerprint density at radius 3 is 2.67 bits per heavy atom. The SMILES string of the molecule is Cc1nc2c(F)cc(-c3ccnc(Cl)n3)cc2n1C(C)C. The van der Waals surface area contributed by atoms with Crippen molar-refractivity contribution in [3.63, 3.8) is 0 Å². The molecule has 21 heavy (non-hydrogen) atoms. The first-order valence-electron chi connectivity index (χ1n) is 6.64. The molecule has 0 saturated heterocycles. The molecule has 3 aromatic rings. The summed E-state index contributed by atoms with van der Waals surface area (Å²) in [5.74, 6) is 0.427. The molecule has 0 bridgehead atoms. The maximum atomic E-state index is 14.3. The van der Waals surface area contributed by atoms with Crippen molar-refractivity contribution in [2.24, 2.45) is 0 Å². The van der Waals surface area contributed by atoms with Gasteiger partial charge < -0.3 is 4.57 Å². The molecule has 0 spiro atoms. The average Bonchev–Trinajstić information content (AvgIpc) is 2.75. The lowest BCUT2D eigenvalue weighted by Crippen LogP contribution is -2.02. The van der Waals surface area contributed by atoms with Crippen molar-refractivity contribution >= 4 is 22.6 Å². The van der Waals surface area contributed by atoms with Gasteiger partial charge in [0.15, 0.2) is 5.82 Å². The first-order chi connectivity index (χ1) is 9.97. The molecule has 0 aliphatic rings. The number of hydrogen-bond donors (Lipinski definition) is 0. The Morgan fingerprint density at radius 1 is 1.24 bits per heavy atom. The minimum Gasteiger partial charge on any atom is -0.326 e. The number of halogens is 2. The van der Waals surface area contributed by atoms with Gasteiger partial charge in [-0.1, -0.05) is 0 Å². The van der Waals surface area contributed by atoms with Gasteiger partial charge in [0.1, 0.15) is 11.3 Å². The monoisotopic (exact) mass is 304 g/mol. The Balaban J connectivity index is 2.29. The second-order valence-electron chi connectivity index (χ2n) is 5.16. The van der Waals surface area contributed by atoms with E-state index in [1.165, 1.54) is 6.07 Å². The van der Waals surface area contributed by atoms with Crippen molar-refractivity contribution < 1.29 is 4.39 Å². The van der Waals surface area contributed by atoms with Crippen LogP contribution >= 0.6 is 11.6 Å². The fourth-order valence-electron chi connectivity index (χ4n) is 2.56. The molecule has 108 valence electrons. The van der Waals surface area contributed by atoms with Gasteiger partial charge >= 0.3 is 0 Å². The molecule has 1 aromatic carbocycles. The molecule has 2 aromatic heterocycles. The predicted octanol–water partition coefficient (Wildman–Crippen LogP) is 4.18. The van der Waals surface area contributed by atoms with Crippen molar-refractivity contribution in [1.29, 1.82) is 0 Å². The lowest BCUT2D eigenvalue weighted by molar-refractivity contribution is 0.600. The molecule has 0 unspecified atom stereocenters. The van der Waals surface area contributed by atoms with Crippen molar-refractivity contribution in [2.75, 3.05) is 0 Å². The van der Waals surface area contributed by atoms with E-state index in [9.17, 15) is 4.39 Å². The van der Waals surface area contributed by atoms with Gasteiger partial charge in [-0.2, -0.15) is 0 Å². The second-order valence-corrected chi connectivity index (χ2v) is 5.50. The molecule has 0 amide bonds. The topological polar surface area (TPSA) is 43.6 Å². The van der Waals surface area contributed by atoms with Crippen LogP contribution in [-0.2, 0) is 0 Å². The summed E-state index contributed by atoms with van der Waals surface area (Å²) in [6.07, 6.45) is 1.55. The Labute approximate surface area is 126 Å². The maximum Gasteiger partial charge on any atom is 0.222 e. The fraction of sp³-hybridized carbons (Fsp3) is 0.267. The highest BCUT2D eigenvalue weighted by atomic mass is 35.5. The first kappa shape index (κ1) is 13.9. The third-order valence-corrected chi connectivity index (χ3v) is 3.55. The van der Waals surface area contributed by atoms with Gasteiger partial charge in [-0.15, -0.1) is 0 Å². The van der Waals surface area contributed by atoms with Crippen LogP contribution in [0.4, 0.5) is 4.39 Å². The zero-order valence-electron chi connectivity index (χ0n) is 11.9. The molecule has 3 rings (SSSR count). The lowest BCUT2D eigenvalue weighted by atomic mass is 10.1. The van der Waals surface area contributed by atoms with Crippen molar-refractivity contribution in [3.8, 4) is 11.3 Å². The van der Waals surface area contributed by atoms with Gasteiger partial charge in [0, 0.05) is 17.8 Å². The summed E-state index contributed by atoms with van der Waals surface area (Å²) in [6.45, 7) is 5.96. The van der Waals surface area contributed by atoms with Crippen molar-refractivity contribution in [2.45, 2.75) is 26.8 Å². The van der Waals surface area contributed by atoms with E-state index in [1.54, 1.807) is 12.3 Å². The Morgan fingerprint density at radius 2 is 2.00 bits per heavy atom. The number of aryl methyl sites for hydroxylation is 1. The van der Waals surface area contributed by atoms with Gasteiger partial charge in [0.2, 0.25) is 5.28 Å². The molecule has 0 N–H and O–H groups in total. The summed E-state index contributed by atoms with van der Waals surface area (Å²) in [5, 5.41) is 0.140. The van der Waals surface area contributed by atoms with Crippen LogP contribution in [0.25, 0.3) is 22.3 Å². The van der Waals surface area contributed by atoms with Crippen LogP contribution < -0.4 is 0 Å². The van der Waals surface area contributed by atoms with Crippen LogP contribution in [-0.4, -0.2) is 19.5 Å². The number of imidazole rings is 1.